The molecule has 0 bridgehead atoms. The number of benzene rings is 2. The Labute approximate surface area is 138 Å². The third-order valence-corrected chi connectivity index (χ3v) is 4.74. The number of nitriles is 1. The lowest BCUT2D eigenvalue weighted by Gasteiger charge is -2.07. The normalized spacial score (nSPS) is 11.0. The zero-order valence-corrected chi connectivity index (χ0v) is 13.4. The monoisotopic (exact) mass is 340 g/mol. The summed E-state index contributed by atoms with van der Waals surface area (Å²) in [6, 6.07) is 15.0. The minimum atomic E-state index is -3.89. The Balaban J connectivity index is 1.88. The molecule has 0 spiro atoms. The van der Waals surface area contributed by atoms with E-state index in [9.17, 15) is 8.42 Å². The van der Waals surface area contributed by atoms with Crippen LogP contribution in [0.15, 0.2) is 57.8 Å². The van der Waals surface area contributed by atoms with Gasteiger partial charge in [0, 0.05) is 5.56 Å². The number of aromatic nitrogens is 2. The van der Waals surface area contributed by atoms with Gasteiger partial charge < -0.3 is 4.42 Å². The summed E-state index contributed by atoms with van der Waals surface area (Å²) in [5, 5.41) is 16.4. The summed E-state index contributed by atoms with van der Waals surface area (Å²) in [6.07, 6.45) is 0. The fourth-order valence-electron chi connectivity index (χ4n) is 2.15. The molecule has 0 amide bonds. The number of aryl methyl sites for hydroxylation is 1. The highest BCUT2D eigenvalue weighted by Crippen LogP contribution is 2.23. The second-order valence-electron chi connectivity index (χ2n) is 4.98. The number of nitrogens with zero attached hydrogens (tertiary/aromatic N) is 3. The van der Waals surface area contributed by atoms with E-state index in [1.807, 2.05) is 24.3 Å². The van der Waals surface area contributed by atoms with E-state index in [2.05, 4.69) is 14.9 Å². The molecule has 1 N–H and O–H groups in total. The predicted molar refractivity (Wildman–Crippen MR) is 86.4 cm³/mol. The van der Waals surface area contributed by atoms with E-state index in [1.54, 1.807) is 19.1 Å². The molecule has 7 nitrogen and oxygen atoms in total. The number of hydrogen-bond donors (Lipinski definition) is 1. The highest BCUT2D eigenvalue weighted by molar-refractivity contribution is 7.92. The molecule has 0 fully saturated rings. The Morgan fingerprint density at radius 3 is 2.54 bits per heavy atom. The summed E-state index contributed by atoms with van der Waals surface area (Å²) in [5.41, 5.74) is 1.52. The third kappa shape index (κ3) is 3.11. The van der Waals surface area contributed by atoms with Gasteiger partial charge in [0.05, 0.1) is 16.5 Å². The Hall–Kier alpha value is -3.18. The van der Waals surface area contributed by atoms with Gasteiger partial charge in [-0.05, 0) is 42.8 Å². The molecule has 0 saturated heterocycles. The van der Waals surface area contributed by atoms with E-state index in [1.165, 1.54) is 18.2 Å². The van der Waals surface area contributed by atoms with Crippen molar-refractivity contribution in [2.75, 3.05) is 4.72 Å². The molecular formula is C16H12N4O3S. The first kappa shape index (κ1) is 15.7. The lowest BCUT2D eigenvalue weighted by molar-refractivity contribution is 0.577. The average Bonchev–Trinajstić information content (AvgIpc) is 3.03. The van der Waals surface area contributed by atoms with Gasteiger partial charge in [0.2, 0.25) is 5.89 Å². The van der Waals surface area contributed by atoms with Gasteiger partial charge >= 0.3 is 6.01 Å². The molecule has 1 heterocycles. The molecule has 120 valence electrons. The summed E-state index contributed by atoms with van der Waals surface area (Å²) in [6.45, 7) is 1.61. The summed E-state index contributed by atoms with van der Waals surface area (Å²) < 4.78 is 32.5. The highest BCUT2D eigenvalue weighted by Gasteiger charge is 2.20. The van der Waals surface area contributed by atoms with Gasteiger partial charge in [-0.1, -0.05) is 23.3 Å². The van der Waals surface area contributed by atoms with Crippen LogP contribution in [-0.4, -0.2) is 18.6 Å². The van der Waals surface area contributed by atoms with Gasteiger partial charge in [-0.2, -0.15) is 5.26 Å². The molecule has 0 aliphatic carbocycles. The second kappa shape index (κ2) is 6.14. The molecule has 0 saturated carbocycles. The van der Waals surface area contributed by atoms with Gasteiger partial charge in [0.15, 0.2) is 0 Å². The topological polar surface area (TPSA) is 109 Å². The van der Waals surface area contributed by atoms with Crippen LogP contribution in [0, 0.1) is 18.3 Å². The maximum absolute atomic E-state index is 12.4. The van der Waals surface area contributed by atoms with Gasteiger partial charge in [-0.3, -0.25) is 0 Å². The van der Waals surface area contributed by atoms with Crippen LogP contribution in [-0.2, 0) is 10.0 Å². The number of nitrogens with one attached hydrogen (secondary N) is 1. The SMILES string of the molecule is Cc1cc(C#N)ccc1S(=O)(=O)Nc1nnc(-c2ccccc2)o1. The largest absolute Gasteiger partial charge is 0.403 e. The average molecular weight is 340 g/mol. The van der Waals surface area contributed by atoms with Gasteiger partial charge in [0.1, 0.15) is 0 Å². The number of anilines is 1. The minimum absolute atomic E-state index is 0.0426. The first-order chi connectivity index (χ1) is 11.5. The van der Waals surface area contributed by atoms with Crippen LogP contribution in [0.4, 0.5) is 6.01 Å². The quantitative estimate of drug-likeness (QED) is 0.782. The number of rotatable bonds is 4. The van der Waals surface area contributed by atoms with E-state index in [0.29, 0.717) is 16.7 Å². The fraction of sp³-hybridized carbons (Fsp3) is 0.0625. The Bertz CT molecular complexity index is 1020. The molecule has 0 unspecified atom stereocenters. The third-order valence-electron chi connectivity index (χ3n) is 3.26. The first-order valence-corrected chi connectivity index (χ1v) is 8.40. The number of hydrogen-bond acceptors (Lipinski definition) is 6. The maximum atomic E-state index is 12.4. The molecule has 24 heavy (non-hydrogen) atoms. The molecule has 0 aliphatic heterocycles. The Morgan fingerprint density at radius 2 is 1.88 bits per heavy atom. The van der Waals surface area contributed by atoms with Crippen molar-refractivity contribution in [2.45, 2.75) is 11.8 Å². The molecule has 0 radical (unpaired) electrons. The zero-order valence-electron chi connectivity index (χ0n) is 12.6. The summed E-state index contributed by atoms with van der Waals surface area (Å²) >= 11 is 0. The van der Waals surface area contributed by atoms with E-state index in [0.717, 1.165) is 0 Å². The van der Waals surface area contributed by atoms with E-state index >= 15 is 0 Å². The van der Waals surface area contributed by atoms with Crippen LogP contribution < -0.4 is 4.72 Å². The van der Waals surface area contributed by atoms with Gasteiger partial charge in [0.25, 0.3) is 10.0 Å². The van der Waals surface area contributed by atoms with Crippen LogP contribution in [0.3, 0.4) is 0 Å². The molecule has 3 aromatic rings. The molecule has 0 atom stereocenters. The standard InChI is InChI=1S/C16H12N4O3S/c1-11-9-12(10-17)7-8-14(11)24(21,22)20-16-19-18-15(23-16)13-5-3-2-4-6-13/h2-9H,1H3,(H,19,20). The van der Waals surface area contributed by atoms with Gasteiger partial charge in [-0.15, -0.1) is 5.10 Å². The lowest BCUT2D eigenvalue weighted by Crippen LogP contribution is -2.14. The van der Waals surface area contributed by atoms with E-state index < -0.39 is 10.0 Å². The highest BCUT2D eigenvalue weighted by atomic mass is 32.2. The van der Waals surface area contributed by atoms with E-state index in [4.69, 9.17) is 9.68 Å². The van der Waals surface area contributed by atoms with Crippen LogP contribution in [0.1, 0.15) is 11.1 Å². The maximum Gasteiger partial charge on any atom is 0.330 e. The first-order valence-electron chi connectivity index (χ1n) is 6.92. The van der Waals surface area contributed by atoms with Crippen molar-refractivity contribution in [1.29, 1.82) is 5.26 Å². The minimum Gasteiger partial charge on any atom is -0.403 e. The Kier molecular flexibility index (Phi) is 4.02. The van der Waals surface area contributed by atoms with Crippen LogP contribution in [0.2, 0.25) is 0 Å². The van der Waals surface area contributed by atoms with Crippen LogP contribution in [0.5, 0.6) is 0 Å². The predicted octanol–water partition coefficient (Wildman–Crippen LogP) is 2.72. The van der Waals surface area contributed by atoms with Crippen molar-refractivity contribution in [3.05, 3.63) is 59.7 Å². The number of sulfonamides is 1. The van der Waals surface area contributed by atoms with Crippen molar-refractivity contribution in [1.82, 2.24) is 10.2 Å². The van der Waals surface area contributed by atoms with E-state index in [-0.39, 0.29) is 16.8 Å². The van der Waals surface area contributed by atoms with Crippen LogP contribution in [0.25, 0.3) is 11.5 Å². The summed E-state index contributed by atoms with van der Waals surface area (Å²) in [5.74, 6) is 0.213. The van der Waals surface area contributed by atoms with Crippen molar-refractivity contribution in [2.24, 2.45) is 0 Å². The summed E-state index contributed by atoms with van der Waals surface area (Å²) in [4.78, 5) is 0.0426. The van der Waals surface area contributed by atoms with Crippen molar-refractivity contribution in [3.8, 4) is 17.5 Å². The van der Waals surface area contributed by atoms with Crippen LogP contribution >= 0.6 is 0 Å². The molecule has 0 aliphatic rings. The molecule has 1 aromatic heterocycles. The van der Waals surface area contributed by atoms with Crippen molar-refractivity contribution in [3.63, 3.8) is 0 Å². The lowest BCUT2D eigenvalue weighted by atomic mass is 10.2. The molecular weight excluding hydrogens is 328 g/mol. The second-order valence-corrected chi connectivity index (χ2v) is 6.63. The van der Waals surface area contributed by atoms with Crippen molar-refractivity contribution < 1.29 is 12.8 Å². The van der Waals surface area contributed by atoms with Crippen molar-refractivity contribution >= 4 is 16.0 Å². The molecule has 2 aromatic carbocycles. The molecule has 3 rings (SSSR count). The smallest absolute Gasteiger partial charge is 0.330 e. The molecule has 8 heteroatoms. The summed E-state index contributed by atoms with van der Waals surface area (Å²) in [7, 11) is -3.89. The zero-order chi connectivity index (χ0) is 17.2. The van der Waals surface area contributed by atoms with Gasteiger partial charge in [-0.25, -0.2) is 13.1 Å². The fourth-order valence-corrected chi connectivity index (χ4v) is 3.30. The Morgan fingerprint density at radius 1 is 1.12 bits per heavy atom.